The molecule has 64 valence electrons. The molecule has 0 saturated carbocycles. The zero-order chi connectivity index (χ0) is 8.55. The Bertz CT molecular complexity index is 265. The minimum Gasteiger partial charge on any atom is -0.454 e. The fourth-order valence-electron chi connectivity index (χ4n) is 1.49. The summed E-state index contributed by atoms with van der Waals surface area (Å²) in [5.41, 5.74) is 0.966. The van der Waals surface area contributed by atoms with Gasteiger partial charge >= 0.3 is 5.97 Å². The Hall–Kier alpha value is -1.09. The highest BCUT2D eigenvalue weighted by molar-refractivity contribution is 5.86. The SMILES string of the molecule is CO[C@@H]1C=CC2=CC(=O)O[C@H]2C1. The monoisotopic (exact) mass is 166 g/mol. The van der Waals surface area contributed by atoms with Crippen molar-refractivity contribution < 1.29 is 14.3 Å². The molecule has 0 fully saturated rings. The van der Waals surface area contributed by atoms with Gasteiger partial charge in [-0.05, 0) is 5.57 Å². The molecule has 0 N–H and O–H groups in total. The van der Waals surface area contributed by atoms with Crippen LogP contribution < -0.4 is 0 Å². The molecule has 0 aromatic heterocycles. The maximum absolute atomic E-state index is 10.8. The minimum absolute atomic E-state index is 0.0764. The third kappa shape index (κ3) is 1.16. The molecule has 3 nitrogen and oxygen atoms in total. The van der Waals surface area contributed by atoms with Crippen LogP contribution >= 0.6 is 0 Å². The van der Waals surface area contributed by atoms with Crippen LogP contribution in [0.5, 0.6) is 0 Å². The predicted molar refractivity (Wildman–Crippen MR) is 42.5 cm³/mol. The van der Waals surface area contributed by atoms with Gasteiger partial charge < -0.3 is 9.47 Å². The van der Waals surface area contributed by atoms with E-state index in [2.05, 4.69) is 0 Å². The van der Waals surface area contributed by atoms with Crippen LogP contribution in [-0.2, 0) is 14.3 Å². The molecular weight excluding hydrogens is 156 g/mol. The largest absolute Gasteiger partial charge is 0.454 e. The lowest BCUT2D eigenvalue weighted by Gasteiger charge is -2.21. The van der Waals surface area contributed by atoms with Crippen LogP contribution in [0.1, 0.15) is 6.42 Å². The quantitative estimate of drug-likeness (QED) is 0.541. The molecule has 12 heavy (non-hydrogen) atoms. The van der Waals surface area contributed by atoms with E-state index in [0.717, 1.165) is 12.0 Å². The maximum Gasteiger partial charge on any atom is 0.331 e. The normalized spacial score (nSPS) is 32.8. The number of methoxy groups -OCH3 is 1. The summed E-state index contributed by atoms with van der Waals surface area (Å²) in [5, 5.41) is 0. The fraction of sp³-hybridized carbons (Fsp3) is 0.444. The van der Waals surface area contributed by atoms with Gasteiger partial charge in [0.2, 0.25) is 0 Å². The molecule has 0 spiro atoms. The lowest BCUT2D eigenvalue weighted by atomic mass is 9.98. The standard InChI is InChI=1S/C9H10O3/c1-11-7-3-2-6-4-9(10)12-8(6)5-7/h2-4,7-8H,5H2,1H3/t7-,8+/m1/s1. The van der Waals surface area contributed by atoms with Crippen molar-refractivity contribution in [3.8, 4) is 0 Å². The molecule has 2 aliphatic rings. The second kappa shape index (κ2) is 2.75. The summed E-state index contributed by atoms with van der Waals surface area (Å²) in [5.74, 6) is -0.239. The molecule has 0 saturated heterocycles. The van der Waals surface area contributed by atoms with Gasteiger partial charge in [-0.3, -0.25) is 0 Å². The zero-order valence-corrected chi connectivity index (χ0v) is 6.82. The van der Waals surface area contributed by atoms with Crippen molar-refractivity contribution in [1.82, 2.24) is 0 Å². The van der Waals surface area contributed by atoms with Crippen molar-refractivity contribution in [2.24, 2.45) is 0 Å². The molecule has 0 bridgehead atoms. The number of esters is 1. The molecule has 0 radical (unpaired) electrons. The van der Waals surface area contributed by atoms with Crippen molar-refractivity contribution in [2.75, 3.05) is 7.11 Å². The number of ether oxygens (including phenoxy) is 2. The number of rotatable bonds is 1. The van der Waals surface area contributed by atoms with E-state index in [4.69, 9.17) is 9.47 Å². The van der Waals surface area contributed by atoms with Gasteiger partial charge in [-0.15, -0.1) is 0 Å². The van der Waals surface area contributed by atoms with Crippen LogP contribution in [-0.4, -0.2) is 25.3 Å². The smallest absolute Gasteiger partial charge is 0.331 e. The number of hydrogen-bond acceptors (Lipinski definition) is 3. The first-order valence-electron chi connectivity index (χ1n) is 3.93. The van der Waals surface area contributed by atoms with E-state index in [0.29, 0.717) is 0 Å². The van der Waals surface area contributed by atoms with Crippen LogP contribution in [0.2, 0.25) is 0 Å². The zero-order valence-electron chi connectivity index (χ0n) is 6.82. The van der Waals surface area contributed by atoms with E-state index in [1.54, 1.807) is 7.11 Å². The Kier molecular flexibility index (Phi) is 1.73. The maximum atomic E-state index is 10.8. The summed E-state index contributed by atoms with van der Waals surface area (Å²) in [6.07, 6.45) is 6.13. The Balaban J connectivity index is 2.17. The summed E-state index contributed by atoms with van der Waals surface area (Å²) in [7, 11) is 1.65. The molecule has 2 rings (SSSR count). The number of carbonyl (C=O) groups is 1. The highest BCUT2D eigenvalue weighted by Crippen LogP contribution is 2.26. The summed E-state index contributed by atoms with van der Waals surface area (Å²) < 4.78 is 10.2. The first-order chi connectivity index (χ1) is 5.79. The third-order valence-corrected chi connectivity index (χ3v) is 2.17. The highest BCUT2D eigenvalue weighted by Gasteiger charge is 2.29. The van der Waals surface area contributed by atoms with Crippen LogP contribution in [0, 0.1) is 0 Å². The lowest BCUT2D eigenvalue weighted by molar-refractivity contribution is -0.139. The van der Waals surface area contributed by atoms with Gasteiger partial charge in [-0.25, -0.2) is 4.79 Å². The van der Waals surface area contributed by atoms with Crippen LogP contribution in [0.15, 0.2) is 23.8 Å². The van der Waals surface area contributed by atoms with E-state index in [-0.39, 0.29) is 18.2 Å². The molecule has 0 amide bonds. The van der Waals surface area contributed by atoms with Crippen LogP contribution in [0.3, 0.4) is 0 Å². The second-order valence-corrected chi connectivity index (χ2v) is 2.94. The molecule has 1 heterocycles. The Morgan fingerprint density at radius 3 is 3.25 bits per heavy atom. The van der Waals surface area contributed by atoms with Crippen LogP contribution in [0.25, 0.3) is 0 Å². The Morgan fingerprint density at radius 2 is 2.50 bits per heavy atom. The molecule has 0 aromatic carbocycles. The minimum atomic E-state index is -0.239. The second-order valence-electron chi connectivity index (χ2n) is 2.94. The molecule has 1 aliphatic heterocycles. The van der Waals surface area contributed by atoms with Crippen molar-refractivity contribution in [1.29, 1.82) is 0 Å². The predicted octanol–water partition coefficient (Wildman–Crippen LogP) is 0.813. The van der Waals surface area contributed by atoms with E-state index in [9.17, 15) is 4.79 Å². The third-order valence-electron chi connectivity index (χ3n) is 2.17. The van der Waals surface area contributed by atoms with Crippen molar-refractivity contribution in [2.45, 2.75) is 18.6 Å². The molecule has 0 unspecified atom stereocenters. The van der Waals surface area contributed by atoms with Crippen molar-refractivity contribution in [3.05, 3.63) is 23.8 Å². The number of fused-ring (bicyclic) bond motifs is 1. The van der Waals surface area contributed by atoms with Gasteiger partial charge in [0.05, 0.1) is 6.10 Å². The Labute approximate surface area is 70.7 Å². The molecule has 0 aromatic rings. The molecule has 1 aliphatic carbocycles. The van der Waals surface area contributed by atoms with Crippen molar-refractivity contribution >= 4 is 5.97 Å². The summed E-state index contributed by atoms with van der Waals surface area (Å²) >= 11 is 0. The molecule has 2 atom stereocenters. The first kappa shape index (κ1) is 7.55. The lowest BCUT2D eigenvalue weighted by Crippen LogP contribution is -2.23. The highest BCUT2D eigenvalue weighted by atomic mass is 16.5. The van der Waals surface area contributed by atoms with Gasteiger partial charge in [0.1, 0.15) is 6.10 Å². The summed E-state index contributed by atoms with van der Waals surface area (Å²) in [6, 6.07) is 0. The fourth-order valence-corrected chi connectivity index (χ4v) is 1.49. The van der Waals surface area contributed by atoms with E-state index < -0.39 is 0 Å². The van der Waals surface area contributed by atoms with E-state index in [1.165, 1.54) is 6.08 Å². The van der Waals surface area contributed by atoms with Gasteiger partial charge in [0.15, 0.2) is 0 Å². The first-order valence-corrected chi connectivity index (χ1v) is 3.93. The van der Waals surface area contributed by atoms with Crippen LogP contribution in [0.4, 0.5) is 0 Å². The van der Waals surface area contributed by atoms with Gasteiger partial charge in [-0.1, -0.05) is 12.2 Å². The number of carbonyl (C=O) groups excluding carboxylic acids is 1. The Morgan fingerprint density at radius 1 is 1.67 bits per heavy atom. The van der Waals surface area contributed by atoms with Gasteiger partial charge in [0, 0.05) is 19.6 Å². The average Bonchev–Trinajstić information content (AvgIpc) is 2.43. The summed E-state index contributed by atoms with van der Waals surface area (Å²) in [4.78, 5) is 10.8. The summed E-state index contributed by atoms with van der Waals surface area (Å²) in [6.45, 7) is 0. The van der Waals surface area contributed by atoms with E-state index >= 15 is 0 Å². The molecular formula is C9H10O3. The topological polar surface area (TPSA) is 35.5 Å². The average molecular weight is 166 g/mol. The molecule has 3 heteroatoms. The van der Waals surface area contributed by atoms with Gasteiger partial charge in [-0.2, -0.15) is 0 Å². The number of hydrogen-bond donors (Lipinski definition) is 0. The van der Waals surface area contributed by atoms with Crippen molar-refractivity contribution in [3.63, 3.8) is 0 Å². The van der Waals surface area contributed by atoms with E-state index in [1.807, 2.05) is 12.2 Å². The van der Waals surface area contributed by atoms with Gasteiger partial charge in [0.25, 0.3) is 0 Å².